The van der Waals surface area contributed by atoms with Gasteiger partial charge in [-0.15, -0.1) is 0 Å². The maximum absolute atomic E-state index is 11.0. The van der Waals surface area contributed by atoms with Crippen molar-refractivity contribution in [2.75, 3.05) is 14.2 Å². The lowest BCUT2D eigenvalue weighted by Crippen LogP contribution is -1.98. The minimum absolute atomic E-state index is 0.282. The summed E-state index contributed by atoms with van der Waals surface area (Å²) < 4.78 is 9.96. The van der Waals surface area contributed by atoms with E-state index in [9.17, 15) is 4.79 Å². The molecule has 1 rings (SSSR count). The molecule has 1 radical (unpaired) electrons. The molecule has 0 aliphatic carbocycles. The molecule has 69 valence electrons. The zero-order valence-electron chi connectivity index (χ0n) is 7.66. The lowest BCUT2D eigenvalue weighted by molar-refractivity contribution is 0.104. The highest BCUT2D eigenvalue weighted by Gasteiger charge is 2.08. The number of ether oxygens (including phenoxy) is 2. The average Bonchev–Trinajstić information content (AvgIpc) is 2.16. The topological polar surface area (TPSA) is 35.5 Å². The van der Waals surface area contributed by atoms with Crippen molar-refractivity contribution in [2.24, 2.45) is 0 Å². The molecule has 1 aromatic rings. The van der Waals surface area contributed by atoms with E-state index in [4.69, 9.17) is 9.47 Å². The number of ketones is 1. The van der Waals surface area contributed by atoms with Crippen LogP contribution in [0.15, 0.2) is 18.2 Å². The van der Waals surface area contributed by atoms with Gasteiger partial charge in [-0.2, -0.15) is 0 Å². The van der Waals surface area contributed by atoms with Crippen molar-refractivity contribution in [1.29, 1.82) is 0 Å². The van der Waals surface area contributed by atoms with Gasteiger partial charge in [-0.3, -0.25) is 4.79 Å². The molecule has 0 unspecified atom stereocenters. The van der Waals surface area contributed by atoms with Crippen LogP contribution in [-0.2, 0) is 0 Å². The lowest BCUT2D eigenvalue weighted by Gasteiger charge is -2.07. The first-order chi connectivity index (χ1) is 6.19. The van der Waals surface area contributed by atoms with Crippen LogP contribution in [-0.4, -0.2) is 20.0 Å². The predicted molar refractivity (Wildman–Crippen MR) is 49.2 cm³/mol. The smallest absolute Gasteiger partial charge is 0.167 e. The Bertz CT molecular complexity index is 318. The number of Topliss-reactive ketones (excluding diaryl/α,β-unsaturated/α-hetero) is 1. The summed E-state index contributed by atoms with van der Waals surface area (Å²) in [6.07, 6.45) is 0. The van der Waals surface area contributed by atoms with E-state index in [1.54, 1.807) is 25.3 Å². The molecule has 0 atom stereocenters. The highest BCUT2D eigenvalue weighted by atomic mass is 16.5. The third kappa shape index (κ3) is 1.99. The summed E-state index contributed by atoms with van der Waals surface area (Å²) in [6, 6.07) is 5.01. The molecule has 0 aliphatic rings. The Morgan fingerprint density at radius 1 is 1.31 bits per heavy atom. The maximum Gasteiger partial charge on any atom is 0.167 e. The first kappa shape index (κ1) is 9.58. The van der Waals surface area contributed by atoms with Crippen LogP contribution < -0.4 is 9.47 Å². The Morgan fingerprint density at radius 3 is 2.46 bits per heavy atom. The molecule has 0 aliphatic heterocycles. The molecule has 3 heteroatoms. The number of hydrogen-bond acceptors (Lipinski definition) is 3. The first-order valence-corrected chi connectivity index (χ1v) is 3.77. The molecule has 3 nitrogen and oxygen atoms in total. The molecule has 0 bridgehead atoms. The summed E-state index contributed by atoms with van der Waals surface area (Å²) in [5, 5.41) is 0. The van der Waals surface area contributed by atoms with Crippen molar-refractivity contribution >= 4 is 5.78 Å². The van der Waals surface area contributed by atoms with Crippen LogP contribution in [0.4, 0.5) is 0 Å². The van der Waals surface area contributed by atoms with Crippen LogP contribution in [0.2, 0.25) is 0 Å². The van der Waals surface area contributed by atoms with E-state index in [2.05, 4.69) is 6.92 Å². The predicted octanol–water partition coefficient (Wildman–Crippen LogP) is 1.72. The second-order valence-corrected chi connectivity index (χ2v) is 2.49. The van der Waals surface area contributed by atoms with E-state index in [0.717, 1.165) is 0 Å². The second kappa shape index (κ2) is 3.94. The largest absolute Gasteiger partial charge is 0.497 e. The minimum Gasteiger partial charge on any atom is -0.497 e. The van der Waals surface area contributed by atoms with Crippen LogP contribution in [0.1, 0.15) is 10.4 Å². The number of methoxy groups -OCH3 is 2. The first-order valence-electron chi connectivity index (χ1n) is 3.77. The fourth-order valence-corrected chi connectivity index (χ4v) is 1.03. The van der Waals surface area contributed by atoms with Crippen molar-refractivity contribution in [3.05, 3.63) is 30.7 Å². The number of carbonyl (C=O) groups excluding carboxylic acids is 1. The van der Waals surface area contributed by atoms with Gasteiger partial charge in [0.15, 0.2) is 5.78 Å². The Kier molecular flexibility index (Phi) is 2.90. The molecule has 13 heavy (non-hydrogen) atoms. The Hall–Kier alpha value is -1.51. The summed E-state index contributed by atoms with van der Waals surface area (Å²) in [5.41, 5.74) is 0.432. The molecule has 0 heterocycles. The van der Waals surface area contributed by atoms with E-state index < -0.39 is 0 Å². The monoisotopic (exact) mass is 179 g/mol. The summed E-state index contributed by atoms with van der Waals surface area (Å²) >= 11 is 0. The van der Waals surface area contributed by atoms with Crippen LogP contribution >= 0.6 is 0 Å². The van der Waals surface area contributed by atoms with Crippen LogP contribution in [0.3, 0.4) is 0 Å². The number of benzene rings is 1. The maximum atomic E-state index is 11.0. The van der Waals surface area contributed by atoms with Crippen LogP contribution in [0, 0.1) is 6.92 Å². The summed E-state index contributed by atoms with van der Waals surface area (Å²) in [6.45, 7) is 3.32. The van der Waals surface area contributed by atoms with E-state index in [0.29, 0.717) is 17.1 Å². The van der Waals surface area contributed by atoms with Gasteiger partial charge < -0.3 is 9.47 Å². The molecular weight excluding hydrogens is 168 g/mol. The highest BCUT2D eigenvalue weighted by Crippen LogP contribution is 2.23. The van der Waals surface area contributed by atoms with Gasteiger partial charge >= 0.3 is 0 Å². The second-order valence-electron chi connectivity index (χ2n) is 2.49. The van der Waals surface area contributed by atoms with Gasteiger partial charge in [0, 0.05) is 6.92 Å². The highest BCUT2D eigenvalue weighted by molar-refractivity contribution is 6.02. The third-order valence-corrected chi connectivity index (χ3v) is 1.71. The number of hydrogen-bond donors (Lipinski definition) is 0. The molecule has 1 aromatic carbocycles. The minimum atomic E-state index is -0.282. The van der Waals surface area contributed by atoms with Crippen molar-refractivity contribution in [1.82, 2.24) is 0 Å². The number of rotatable bonds is 3. The normalized spacial score (nSPS) is 9.46. The van der Waals surface area contributed by atoms with E-state index in [1.165, 1.54) is 7.11 Å². The Morgan fingerprint density at radius 2 is 2.00 bits per heavy atom. The van der Waals surface area contributed by atoms with Crippen molar-refractivity contribution in [3.8, 4) is 11.5 Å². The van der Waals surface area contributed by atoms with Crippen LogP contribution in [0.5, 0.6) is 11.5 Å². The van der Waals surface area contributed by atoms with Crippen molar-refractivity contribution in [3.63, 3.8) is 0 Å². The Balaban J connectivity index is 3.18. The zero-order valence-corrected chi connectivity index (χ0v) is 7.66. The van der Waals surface area contributed by atoms with Gasteiger partial charge in [-0.05, 0) is 18.2 Å². The van der Waals surface area contributed by atoms with Gasteiger partial charge in [0.25, 0.3) is 0 Å². The summed E-state index contributed by atoms with van der Waals surface area (Å²) in [4.78, 5) is 11.0. The molecule has 0 fully saturated rings. The molecule has 0 saturated heterocycles. The standard InChI is InChI=1S/C10H11O3/c1-7(11)9-6-8(12-2)4-5-10(9)13-3/h4-6H,1H2,2-3H3. The fourth-order valence-electron chi connectivity index (χ4n) is 1.03. The van der Waals surface area contributed by atoms with Crippen LogP contribution in [0.25, 0.3) is 0 Å². The average molecular weight is 179 g/mol. The zero-order chi connectivity index (χ0) is 9.84. The van der Waals surface area contributed by atoms with E-state index in [-0.39, 0.29) is 5.78 Å². The summed E-state index contributed by atoms with van der Waals surface area (Å²) in [7, 11) is 3.05. The molecule has 0 saturated carbocycles. The summed E-state index contributed by atoms with van der Waals surface area (Å²) in [5.74, 6) is 0.851. The van der Waals surface area contributed by atoms with Gasteiger partial charge in [-0.25, -0.2) is 0 Å². The molecular formula is C10H11O3. The molecule has 0 N–H and O–H groups in total. The van der Waals surface area contributed by atoms with Gasteiger partial charge in [-0.1, -0.05) is 0 Å². The van der Waals surface area contributed by atoms with E-state index in [1.807, 2.05) is 0 Å². The van der Waals surface area contributed by atoms with Gasteiger partial charge in [0.1, 0.15) is 11.5 Å². The Labute approximate surface area is 77.3 Å². The molecule has 0 spiro atoms. The van der Waals surface area contributed by atoms with Gasteiger partial charge in [0.05, 0.1) is 19.8 Å². The van der Waals surface area contributed by atoms with Gasteiger partial charge in [0.2, 0.25) is 0 Å². The molecule has 0 amide bonds. The fraction of sp³-hybridized carbons (Fsp3) is 0.200. The van der Waals surface area contributed by atoms with E-state index >= 15 is 0 Å². The van der Waals surface area contributed by atoms with Crippen molar-refractivity contribution in [2.45, 2.75) is 0 Å². The number of carbonyl (C=O) groups is 1. The molecule has 0 aromatic heterocycles. The quantitative estimate of drug-likeness (QED) is 0.663. The third-order valence-electron chi connectivity index (χ3n) is 1.71. The lowest BCUT2D eigenvalue weighted by atomic mass is 10.1. The SMILES string of the molecule is [CH2]C(=O)c1cc(OC)ccc1OC. The van der Waals surface area contributed by atoms with Crippen molar-refractivity contribution < 1.29 is 14.3 Å².